The lowest BCUT2D eigenvalue weighted by Crippen LogP contribution is -1.77. The fourth-order valence-electron chi connectivity index (χ4n) is 1.13. The Balaban J connectivity index is 1.61. The smallest absolute Gasteiger partial charge is 0.105 e. The molecule has 0 saturated heterocycles. The van der Waals surface area contributed by atoms with Crippen LogP contribution in [0.2, 0.25) is 0 Å². The van der Waals surface area contributed by atoms with Gasteiger partial charge in [-0.1, -0.05) is 22.6 Å². The summed E-state index contributed by atoms with van der Waals surface area (Å²) in [6.07, 6.45) is 11.5. The molecule has 0 aliphatic heterocycles. The summed E-state index contributed by atoms with van der Waals surface area (Å²) in [4.78, 5) is 0. The number of rotatable bonds is 6. The molecule has 7 heteroatoms. The third kappa shape index (κ3) is 4.23. The van der Waals surface area contributed by atoms with Crippen molar-refractivity contribution in [2.24, 2.45) is 0 Å². The predicted octanol–water partition coefficient (Wildman–Crippen LogP) is 1.38. The molecular weight excluding hydrogens is 236 g/mol. The first kappa shape index (κ1) is 11.6. The third-order valence-electron chi connectivity index (χ3n) is 1.88. The summed E-state index contributed by atoms with van der Waals surface area (Å²) in [6.45, 7) is 0. The highest BCUT2D eigenvalue weighted by atomic mass is 32.2. The van der Waals surface area contributed by atoms with Gasteiger partial charge in [-0.25, -0.2) is 0 Å². The molecule has 0 saturated carbocycles. The van der Waals surface area contributed by atoms with Crippen LogP contribution in [0.15, 0.2) is 24.5 Å². The minimum Gasteiger partial charge on any atom is -0.265 e. The zero-order valence-corrected chi connectivity index (χ0v) is 9.89. The molecular formula is C10H12N6S. The van der Waals surface area contributed by atoms with Gasteiger partial charge in [0.15, 0.2) is 0 Å². The number of nitrogens with zero attached hydrogens (tertiary/aromatic N) is 4. The maximum Gasteiger partial charge on any atom is 0.105 e. The molecule has 0 radical (unpaired) electrons. The van der Waals surface area contributed by atoms with Gasteiger partial charge in [-0.15, -0.1) is 10.2 Å². The van der Waals surface area contributed by atoms with E-state index >= 15 is 0 Å². The van der Waals surface area contributed by atoms with Crippen LogP contribution in [0.1, 0.15) is 11.4 Å². The average molecular weight is 248 g/mol. The maximum atomic E-state index is 3.85. The van der Waals surface area contributed by atoms with Gasteiger partial charge in [-0.2, -0.15) is 11.8 Å². The average Bonchev–Trinajstić information content (AvgIpc) is 3.00. The molecule has 2 rings (SSSR count). The van der Waals surface area contributed by atoms with Gasteiger partial charge in [0.05, 0.1) is 0 Å². The normalized spacial score (nSPS) is 11.8. The van der Waals surface area contributed by atoms with Crippen molar-refractivity contribution in [2.75, 3.05) is 11.5 Å². The van der Waals surface area contributed by atoms with Gasteiger partial charge in [0.25, 0.3) is 0 Å². The van der Waals surface area contributed by atoms with Gasteiger partial charge in [-0.05, 0) is 12.2 Å². The minimum atomic E-state index is 0.851. The lowest BCUT2D eigenvalue weighted by atomic mass is 10.4. The quantitative estimate of drug-likeness (QED) is 0.755. The largest absolute Gasteiger partial charge is 0.265 e. The van der Waals surface area contributed by atoms with Crippen LogP contribution in [0.3, 0.4) is 0 Å². The van der Waals surface area contributed by atoms with Crippen molar-refractivity contribution in [1.29, 1.82) is 0 Å². The Hall–Kier alpha value is -1.89. The zero-order chi connectivity index (χ0) is 11.8. The number of nitrogens with one attached hydrogen (secondary N) is 2. The fraction of sp³-hybridized carbons (Fsp3) is 0.200. The number of thioether (sulfide) groups is 1. The summed E-state index contributed by atoms with van der Waals surface area (Å²) in [5.41, 5.74) is 1.70. The highest BCUT2D eigenvalue weighted by Gasteiger charge is 1.88. The third-order valence-corrected chi connectivity index (χ3v) is 2.73. The summed E-state index contributed by atoms with van der Waals surface area (Å²) in [7, 11) is 0. The SMILES string of the molecule is C(=Cc1c[nH]nn1)CSCC=Cc1c[nH]nn1. The summed E-state index contributed by atoms with van der Waals surface area (Å²) >= 11 is 1.81. The molecule has 6 nitrogen and oxygen atoms in total. The van der Waals surface area contributed by atoms with E-state index in [-0.39, 0.29) is 0 Å². The Kier molecular flexibility index (Phi) is 4.53. The van der Waals surface area contributed by atoms with Gasteiger partial charge in [0.1, 0.15) is 11.4 Å². The first-order valence-electron chi connectivity index (χ1n) is 5.09. The molecule has 2 aromatic heterocycles. The number of H-pyrrole nitrogens is 2. The molecule has 0 fully saturated rings. The minimum absolute atomic E-state index is 0.851. The van der Waals surface area contributed by atoms with E-state index in [0.717, 1.165) is 22.9 Å². The number of hydrogen-bond acceptors (Lipinski definition) is 5. The molecule has 0 aliphatic carbocycles. The van der Waals surface area contributed by atoms with E-state index < -0.39 is 0 Å². The van der Waals surface area contributed by atoms with Gasteiger partial charge in [-0.3, -0.25) is 10.2 Å². The van der Waals surface area contributed by atoms with Crippen molar-refractivity contribution in [3.8, 4) is 0 Å². The second kappa shape index (κ2) is 6.64. The van der Waals surface area contributed by atoms with E-state index in [1.165, 1.54) is 0 Å². The Labute approximate surface area is 103 Å². The van der Waals surface area contributed by atoms with Crippen molar-refractivity contribution < 1.29 is 0 Å². The van der Waals surface area contributed by atoms with Gasteiger partial charge in [0.2, 0.25) is 0 Å². The Bertz CT molecular complexity index is 415. The molecule has 0 aliphatic rings. The van der Waals surface area contributed by atoms with Gasteiger partial charge >= 0.3 is 0 Å². The Morgan fingerprint density at radius 1 is 0.941 bits per heavy atom. The van der Waals surface area contributed by atoms with E-state index in [4.69, 9.17) is 0 Å². The molecule has 17 heavy (non-hydrogen) atoms. The molecule has 0 bridgehead atoms. The fourth-order valence-corrected chi connectivity index (χ4v) is 1.73. The topological polar surface area (TPSA) is 83.1 Å². The summed E-state index contributed by atoms with van der Waals surface area (Å²) in [5, 5.41) is 20.3. The van der Waals surface area contributed by atoms with Crippen molar-refractivity contribution in [1.82, 2.24) is 30.8 Å². The van der Waals surface area contributed by atoms with Gasteiger partial charge in [0, 0.05) is 23.9 Å². The molecule has 2 N–H and O–H groups in total. The van der Waals surface area contributed by atoms with Crippen LogP contribution >= 0.6 is 11.8 Å². The zero-order valence-electron chi connectivity index (χ0n) is 9.08. The van der Waals surface area contributed by atoms with E-state index in [2.05, 4.69) is 43.0 Å². The van der Waals surface area contributed by atoms with Crippen LogP contribution in [0, 0.1) is 0 Å². The van der Waals surface area contributed by atoms with Crippen LogP contribution in [-0.4, -0.2) is 42.3 Å². The van der Waals surface area contributed by atoms with Crippen LogP contribution in [0.25, 0.3) is 12.2 Å². The number of hydrogen-bond donors (Lipinski definition) is 2. The second-order valence-electron chi connectivity index (χ2n) is 3.14. The van der Waals surface area contributed by atoms with Crippen LogP contribution in [-0.2, 0) is 0 Å². The lowest BCUT2D eigenvalue weighted by molar-refractivity contribution is 0.937. The second-order valence-corrected chi connectivity index (χ2v) is 4.21. The standard InChI is InChI=1S/C10H12N6S/c1(3-9-7-11-15-13-9)5-17-6-2-4-10-8-12-16-14-10/h1-4,7-8H,5-6H2,(H,11,13,15)(H,12,14,16). The monoisotopic (exact) mass is 248 g/mol. The molecule has 0 spiro atoms. The highest BCUT2D eigenvalue weighted by molar-refractivity contribution is 7.99. The molecule has 88 valence electrons. The molecule has 2 heterocycles. The van der Waals surface area contributed by atoms with Crippen molar-refractivity contribution in [3.63, 3.8) is 0 Å². The van der Waals surface area contributed by atoms with E-state index in [1.54, 1.807) is 24.2 Å². The summed E-state index contributed by atoms with van der Waals surface area (Å²) < 4.78 is 0. The molecule has 0 unspecified atom stereocenters. The highest BCUT2D eigenvalue weighted by Crippen LogP contribution is 2.04. The van der Waals surface area contributed by atoms with E-state index in [1.807, 2.05) is 12.2 Å². The van der Waals surface area contributed by atoms with Crippen molar-refractivity contribution in [2.45, 2.75) is 0 Å². The van der Waals surface area contributed by atoms with E-state index in [9.17, 15) is 0 Å². The van der Waals surface area contributed by atoms with Crippen LogP contribution in [0.4, 0.5) is 0 Å². The van der Waals surface area contributed by atoms with Crippen molar-refractivity contribution in [3.05, 3.63) is 35.9 Å². The van der Waals surface area contributed by atoms with Crippen LogP contribution < -0.4 is 0 Å². The number of aromatic amines is 2. The lowest BCUT2D eigenvalue weighted by Gasteiger charge is -1.89. The first-order valence-corrected chi connectivity index (χ1v) is 6.24. The summed E-state index contributed by atoms with van der Waals surface area (Å²) in [5.74, 6) is 1.88. The molecule has 0 atom stereocenters. The van der Waals surface area contributed by atoms with E-state index in [0.29, 0.717) is 0 Å². The maximum absolute atomic E-state index is 3.85. The van der Waals surface area contributed by atoms with Crippen LogP contribution in [0.5, 0.6) is 0 Å². The predicted molar refractivity (Wildman–Crippen MR) is 68.2 cm³/mol. The molecule has 2 aromatic rings. The van der Waals surface area contributed by atoms with Gasteiger partial charge < -0.3 is 0 Å². The van der Waals surface area contributed by atoms with Crippen molar-refractivity contribution >= 4 is 23.9 Å². The Morgan fingerprint density at radius 3 is 1.88 bits per heavy atom. The first-order chi connectivity index (χ1) is 8.45. The summed E-state index contributed by atoms with van der Waals surface area (Å²) in [6, 6.07) is 0. The number of aromatic nitrogens is 6. The molecule has 0 aromatic carbocycles. The molecule has 0 amide bonds. The Morgan fingerprint density at radius 2 is 1.47 bits per heavy atom.